The van der Waals surface area contributed by atoms with Crippen molar-refractivity contribution in [2.45, 2.75) is 67.6 Å². The third-order valence-corrected chi connectivity index (χ3v) is 11.4. The fourth-order valence-corrected chi connectivity index (χ4v) is 9.78. The molecular formula is C28H32FN5O5S2. The fraction of sp³-hybridized carbons (Fsp3) is 0.464. The van der Waals surface area contributed by atoms with Crippen molar-refractivity contribution in [3.63, 3.8) is 0 Å². The molecule has 0 amide bonds. The number of nitrogens with one attached hydrogen (secondary N) is 2. The van der Waals surface area contributed by atoms with E-state index in [-0.39, 0.29) is 39.9 Å². The van der Waals surface area contributed by atoms with Gasteiger partial charge in [-0.3, -0.25) is 4.72 Å². The van der Waals surface area contributed by atoms with Crippen LogP contribution in [0, 0.1) is 17.2 Å². The summed E-state index contributed by atoms with van der Waals surface area (Å²) in [6.45, 7) is 0. The number of imidazole rings is 1. The Morgan fingerprint density at radius 1 is 1.07 bits per heavy atom. The molecule has 5 aliphatic rings. The standard InChI is InChI=1S/C28H32FN5O5S2/c1-40(36,37)31-18-5-7-21(8-6-18)41(38,39)32-34-19-9-17-10-20(34)14-28(12-17,13-19)26(35)11-24-27-22(3-2-4-23(27)29)25-15-30-16-33(24)25/h2-8,15-17,19-20,24,26,31-32,35H,9-14H2,1H3. The smallest absolute Gasteiger partial charge is 0.253 e. The predicted octanol–water partition coefficient (Wildman–Crippen LogP) is 3.24. The molecule has 4 unspecified atom stereocenters. The first-order chi connectivity index (χ1) is 19.4. The molecule has 2 saturated heterocycles. The van der Waals surface area contributed by atoms with E-state index >= 15 is 4.39 Å². The van der Waals surface area contributed by atoms with E-state index in [0.717, 1.165) is 36.8 Å². The summed E-state index contributed by atoms with van der Waals surface area (Å²) in [5.74, 6) is 0.107. The second kappa shape index (κ2) is 9.33. The molecule has 13 heteroatoms. The molecule has 4 heterocycles. The molecule has 1 aromatic heterocycles. The van der Waals surface area contributed by atoms with Gasteiger partial charge in [-0.2, -0.15) is 0 Å². The molecule has 4 atom stereocenters. The SMILES string of the molecule is CS(=O)(=O)Nc1ccc(S(=O)(=O)NN2C3CC4CC2CC(C(O)CC2c5c(F)cccc5-c5cncn52)(C4)C3)cc1. The lowest BCUT2D eigenvalue weighted by atomic mass is 9.53. The first-order valence-electron chi connectivity index (χ1n) is 13.8. The third-order valence-electron chi connectivity index (χ3n) is 9.49. The first kappa shape index (κ1) is 27.0. The highest BCUT2D eigenvalue weighted by Gasteiger charge is 2.58. The van der Waals surface area contributed by atoms with Crippen LogP contribution in [0.1, 0.15) is 50.1 Å². The molecule has 3 aromatic rings. The molecule has 2 aliphatic carbocycles. The summed E-state index contributed by atoms with van der Waals surface area (Å²) in [5.41, 5.74) is 2.17. The highest BCUT2D eigenvalue weighted by atomic mass is 32.2. The van der Waals surface area contributed by atoms with Gasteiger partial charge in [-0.25, -0.2) is 31.2 Å². The van der Waals surface area contributed by atoms with E-state index in [1.807, 2.05) is 15.6 Å². The topological polar surface area (TPSA) is 134 Å². The Hall–Kier alpha value is -2.84. The van der Waals surface area contributed by atoms with E-state index in [2.05, 4.69) is 14.5 Å². The summed E-state index contributed by atoms with van der Waals surface area (Å²) >= 11 is 0. The molecular weight excluding hydrogens is 569 g/mol. The number of aromatic nitrogens is 2. The van der Waals surface area contributed by atoms with Crippen molar-refractivity contribution in [3.8, 4) is 11.3 Å². The molecule has 3 N–H and O–H groups in total. The van der Waals surface area contributed by atoms with Gasteiger partial charge in [0.1, 0.15) is 5.82 Å². The number of hydrogen-bond acceptors (Lipinski definition) is 7. The maximum atomic E-state index is 15.0. The summed E-state index contributed by atoms with van der Waals surface area (Å²) in [6, 6.07) is 10.2. The van der Waals surface area contributed by atoms with Gasteiger partial charge >= 0.3 is 0 Å². The molecule has 4 bridgehead atoms. The zero-order valence-electron chi connectivity index (χ0n) is 22.4. The Balaban J connectivity index is 1.09. The minimum Gasteiger partial charge on any atom is -0.392 e. The Labute approximate surface area is 238 Å². The van der Waals surface area contributed by atoms with Gasteiger partial charge in [0.05, 0.1) is 41.5 Å². The van der Waals surface area contributed by atoms with Crippen LogP contribution in [0.5, 0.6) is 0 Å². The second-order valence-electron chi connectivity index (χ2n) is 12.2. The normalized spacial score (nSPS) is 29.3. The van der Waals surface area contributed by atoms with Gasteiger partial charge in [0.2, 0.25) is 10.0 Å². The third kappa shape index (κ3) is 4.58. The van der Waals surface area contributed by atoms with Crippen LogP contribution < -0.4 is 9.55 Å². The number of halogens is 1. The molecule has 218 valence electrons. The predicted molar refractivity (Wildman–Crippen MR) is 150 cm³/mol. The molecule has 0 spiro atoms. The number of sulfonamides is 2. The Morgan fingerprint density at radius 2 is 1.78 bits per heavy atom. The number of hydrogen-bond donors (Lipinski definition) is 3. The summed E-state index contributed by atoms with van der Waals surface area (Å²) in [7, 11) is -7.38. The van der Waals surface area contributed by atoms with E-state index in [1.165, 1.54) is 30.3 Å². The molecule has 10 nitrogen and oxygen atoms in total. The molecule has 0 radical (unpaired) electrons. The first-order valence-corrected chi connectivity index (χ1v) is 17.2. The average molecular weight is 602 g/mol. The van der Waals surface area contributed by atoms with Crippen LogP contribution in [0.3, 0.4) is 0 Å². The van der Waals surface area contributed by atoms with Crippen molar-refractivity contribution >= 4 is 25.7 Å². The van der Waals surface area contributed by atoms with Crippen LogP contribution in [0.4, 0.5) is 10.1 Å². The zero-order chi connectivity index (χ0) is 28.7. The molecule has 41 heavy (non-hydrogen) atoms. The van der Waals surface area contributed by atoms with Crippen molar-refractivity contribution < 1.29 is 26.3 Å². The largest absolute Gasteiger partial charge is 0.392 e. The van der Waals surface area contributed by atoms with Gasteiger partial charge < -0.3 is 9.67 Å². The van der Waals surface area contributed by atoms with Crippen molar-refractivity contribution in [2.24, 2.45) is 11.3 Å². The van der Waals surface area contributed by atoms with Gasteiger partial charge in [0, 0.05) is 28.9 Å². The van der Waals surface area contributed by atoms with E-state index < -0.39 is 26.2 Å². The lowest BCUT2D eigenvalue weighted by molar-refractivity contribution is -0.163. The lowest BCUT2D eigenvalue weighted by Crippen LogP contribution is -2.68. The number of aliphatic hydroxyl groups excluding tert-OH is 1. The van der Waals surface area contributed by atoms with E-state index in [0.29, 0.717) is 30.7 Å². The monoisotopic (exact) mass is 601 g/mol. The Morgan fingerprint density at radius 3 is 2.46 bits per heavy atom. The second-order valence-corrected chi connectivity index (χ2v) is 15.6. The van der Waals surface area contributed by atoms with E-state index in [1.54, 1.807) is 18.6 Å². The number of anilines is 1. The van der Waals surface area contributed by atoms with Crippen LogP contribution in [0.2, 0.25) is 0 Å². The minimum atomic E-state index is -3.90. The zero-order valence-corrected chi connectivity index (χ0v) is 24.1. The van der Waals surface area contributed by atoms with Crippen molar-refractivity contribution in [1.29, 1.82) is 0 Å². The Bertz CT molecular complexity index is 1710. The van der Waals surface area contributed by atoms with Crippen LogP contribution in [0.25, 0.3) is 11.3 Å². The molecule has 4 fully saturated rings. The highest BCUT2D eigenvalue weighted by molar-refractivity contribution is 7.92. The molecule has 2 aromatic carbocycles. The van der Waals surface area contributed by atoms with E-state index in [4.69, 9.17) is 0 Å². The van der Waals surface area contributed by atoms with Crippen LogP contribution >= 0.6 is 0 Å². The van der Waals surface area contributed by atoms with E-state index in [9.17, 15) is 21.9 Å². The summed E-state index contributed by atoms with van der Waals surface area (Å²) in [5, 5.41) is 13.7. The molecule has 2 saturated carbocycles. The number of nitrogens with zero attached hydrogens (tertiary/aromatic N) is 3. The molecule has 3 aliphatic heterocycles. The van der Waals surface area contributed by atoms with Gasteiger partial charge in [-0.05, 0) is 80.2 Å². The van der Waals surface area contributed by atoms with Crippen LogP contribution in [0.15, 0.2) is 59.9 Å². The van der Waals surface area contributed by atoms with Crippen molar-refractivity contribution in [3.05, 3.63) is 66.4 Å². The summed E-state index contributed by atoms with van der Waals surface area (Å²) < 4.78 is 68.9. The van der Waals surface area contributed by atoms with Gasteiger partial charge in [0.15, 0.2) is 0 Å². The van der Waals surface area contributed by atoms with Gasteiger partial charge in [0.25, 0.3) is 10.0 Å². The number of benzene rings is 2. The lowest BCUT2D eigenvalue weighted by Gasteiger charge is -2.62. The highest BCUT2D eigenvalue weighted by Crippen LogP contribution is 2.59. The quantitative estimate of drug-likeness (QED) is 0.361. The van der Waals surface area contributed by atoms with Crippen molar-refractivity contribution in [2.75, 3.05) is 11.0 Å². The maximum absolute atomic E-state index is 15.0. The minimum absolute atomic E-state index is 0.0400. The summed E-state index contributed by atoms with van der Waals surface area (Å²) in [6.07, 6.45) is 8.00. The fourth-order valence-electron chi connectivity index (χ4n) is 8.04. The maximum Gasteiger partial charge on any atom is 0.253 e. The van der Waals surface area contributed by atoms with Crippen molar-refractivity contribution in [1.82, 2.24) is 19.4 Å². The number of piperidine rings is 2. The van der Waals surface area contributed by atoms with Gasteiger partial charge in [-0.15, -0.1) is 4.83 Å². The number of hydrazine groups is 1. The molecule has 8 rings (SSSR count). The number of fused-ring (bicyclic) bond motifs is 3. The average Bonchev–Trinajstić information content (AvgIpc) is 3.48. The summed E-state index contributed by atoms with van der Waals surface area (Å²) in [4.78, 5) is 7.11. The Kier molecular flexibility index (Phi) is 6.15. The van der Waals surface area contributed by atoms with Gasteiger partial charge in [-0.1, -0.05) is 12.1 Å². The van der Waals surface area contributed by atoms with Crippen LogP contribution in [-0.2, 0) is 20.0 Å². The number of aliphatic hydroxyl groups is 1. The number of rotatable bonds is 8. The van der Waals surface area contributed by atoms with Crippen LogP contribution in [-0.4, -0.2) is 60.9 Å².